The van der Waals surface area contributed by atoms with Crippen molar-refractivity contribution in [1.29, 1.82) is 0 Å². The van der Waals surface area contributed by atoms with Crippen LogP contribution in [0.25, 0.3) is 0 Å². The van der Waals surface area contributed by atoms with Crippen molar-refractivity contribution in [3.8, 4) is 5.75 Å². The number of benzene rings is 1. The predicted octanol–water partition coefficient (Wildman–Crippen LogP) is 2.51. The van der Waals surface area contributed by atoms with E-state index >= 15 is 0 Å². The van der Waals surface area contributed by atoms with Crippen LogP contribution >= 0.6 is 0 Å². The highest BCUT2D eigenvalue weighted by molar-refractivity contribution is 5.20. The molecule has 1 heterocycles. The summed E-state index contributed by atoms with van der Waals surface area (Å²) in [7, 11) is 0. The van der Waals surface area contributed by atoms with Gasteiger partial charge in [-0.2, -0.15) is 0 Å². The molecule has 1 saturated heterocycles. The highest BCUT2D eigenvalue weighted by Gasteiger charge is 2.38. The third-order valence-corrected chi connectivity index (χ3v) is 4.86. The summed E-state index contributed by atoms with van der Waals surface area (Å²) in [4.78, 5) is 2.59. The Balaban J connectivity index is 1.37. The first kappa shape index (κ1) is 13.9. The van der Waals surface area contributed by atoms with Crippen LogP contribution in [0.5, 0.6) is 5.75 Å². The lowest BCUT2D eigenvalue weighted by atomic mass is 9.78. The van der Waals surface area contributed by atoms with Gasteiger partial charge in [0.25, 0.3) is 0 Å². The van der Waals surface area contributed by atoms with Crippen LogP contribution in [0, 0.1) is 11.8 Å². The van der Waals surface area contributed by atoms with Crippen LogP contribution in [-0.4, -0.2) is 37.2 Å². The molecule has 3 atom stereocenters. The number of para-hydroxylation sites is 1. The van der Waals surface area contributed by atoms with E-state index < -0.39 is 0 Å². The van der Waals surface area contributed by atoms with E-state index in [-0.39, 0.29) is 0 Å². The highest BCUT2D eigenvalue weighted by atomic mass is 16.5. The zero-order valence-corrected chi connectivity index (χ0v) is 12.2. The van der Waals surface area contributed by atoms with Gasteiger partial charge in [-0.25, -0.2) is 0 Å². The third kappa shape index (κ3) is 3.33. The lowest BCUT2D eigenvalue weighted by molar-refractivity contribution is 0.253. The smallest absolute Gasteiger partial charge is 0.119 e. The van der Waals surface area contributed by atoms with Crippen LogP contribution in [-0.2, 0) is 0 Å². The molecular weight excluding hydrogens is 248 g/mol. The molecular formula is C17H26N2O. The minimum atomic E-state index is 0.444. The van der Waals surface area contributed by atoms with Crippen LogP contribution < -0.4 is 10.5 Å². The summed E-state index contributed by atoms with van der Waals surface area (Å²) in [6, 6.07) is 10.5. The molecule has 1 aromatic carbocycles. The summed E-state index contributed by atoms with van der Waals surface area (Å²) < 4.78 is 5.75. The number of rotatable bonds is 5. The minimum absolute atomic E-state index is 0.444. The van der Waals surface area contributed by atoms with Crippen molar-refractivity contribution < 1.29 is 4.74 Å². The molecule has 3 nitrogen and oxygen atoms in total. The van der Waals surface area contributed by atoms with Crippen molar-refractivity contribution in [2.75, 3.05) is 26.2 Å². The number of nitrogens with zero attached hydrogens (tertiary/aromatic N) is 1. The Morgan fingerprint density at radius 1 is 1.15 bits per heavy atom. The van der Waals surface area contributed by atoms with Crippen LogP contribution in [0.15, 0.2) is 30.3 Å². The molecule has 2 fully saturated rings. The fourth-order valence-corrected chi connectivity index (χ4v) is 3.79. The SMILES string of the molecule is NC1CCCC2CN(CCCOc3ccccc3)CC12. The van der Waals surface area contributed by atoms with Gasteiger partial charge in [-0.15, -0.1) is 0 Å². The topological polar surface area (TPSA) is 38.5 Å². The Bertz CT molecular complexity index is 409. The van der Waals surface area contributed by atoms with E-state index in [1.54, 1.807) is 0 Å². The summed E-state index contributed by atoms with van der Waals surface area (Å²) >= 11 is 0. The molecule has 1 aliphatic heterocycles. The van der Waals surface area contributed by atoms with Crippen molar-refractivity contribution in [2.24, 2.45) is 17.6 Å². The van der Waals surface area contributed by atoms with E-state index in [1.165, 1.54) is 32.4 Å². The number of fused-ring (bicyclic) bond motifs is 1. The van der Waals surface area contributed by atoms with Gasteiger partial charge in [0.05, 0.1) is 6.61 Å². The normalized spacial score (nSPS) is 30.1. The maximum atomic E-state index is 6.26. The summed E-state index contributed by atoms with van der Waals surface area (Å²) in [5.41, 5.74) is 6.26. The van der Waals surface area contributed by atoms with Crippen molar-refractivity contribution in [3.63, 3.8) is 0 Å². The fourth-order valence-electron chi connectivity index (χ4n) is 3.79. The van der Waals surface area contributed by atoms with Gasteiger partial charge < -0.3 is 15.4 Å². The van der Waals surface area contributed by atoms with Crippen molar-refractivity contribution in [1.82, 2.24) is 4.90 Å². The van der Waals surface area contributed by atoms with E-state index in [2.05, 4.69) is 4.90 Å². The number of hydrogen-bond acceptors (Lipinski definition) is 3. The van der Waals surface area contributed by atoms with Gasteiger partial charge in [0.1, 0.15) is 5.75 Å². The molecule has 0 spiro atoms. The Morgan fingerprint density at radius 2 is 2.00 bits per heavy atom. The van der Waals surface area contributed by atoms with E-state index in [4.69, 9.17) is 10.5 Å². The van der Waals surface area contributed by atoms with E-state index in [9.17, 15) is 0 Å². The van der Waals surface area contributed by atoms with Crippen LogP contribution in [0.2, 0.25) is 0 Å². The Labute approximate surface area is 122 Å². The number of ether oxygens (including phenoxy) is 1. The van der Waals surface area contributed by atoms with Crippen LogP contribution in [0.4, 0.5) is 0 Å². The van der Waals surface area contributed by atoms with Gasteiger partial charge in [0, 0.05) is 25.7 Å². The summed E-state index contributed by atoms with van der Waals surface area (Å²) in [6.45, 7) is 4.41. The first-order chi connectivity index (χ1) is 9.83. The molecule has 3 unspecified atom stereocenters. The lowest BCUT2D eigenvalue weighted by Crippen LogP contribution is -2.38. The van der Waals surface area contributed by atoms with E-state index in [0.717, 1.165) is 37.2 Å². The summed E-state index contributed by atoms with van der Waals surface area (Å²) in [5.74, 6) is 2.58. The quantitative estimate of drug-likeness (QED) is 0.839. The molecule has 1 aromatic rings. The standard InChI is InChI=1S/C17H26N2O/c18-17-9-4-6-14-12-19(13-16(14)17)10-5-11-20-15-7-2-1-3-8-15/h1-3,7-8,14,16-17H,4-6,9-13,18H2. The molecule has 0 radical (unpaired) electrons. The van der Waals surface area contributed by atoms with Crippen LogP contribution in [0.3, 0.4) is 0 Å². The Kier molecular flexibility index (Phi) is 4.58. The maximum Gasteiger partial charge on any atom is 0.119 e. The molecule has 110 valence electrons. The molecule has 2 N–H and O–H groups in total. The van der Waals surface area contributed by atoms with Crippen molar-refractivity contribution >= 4 is 0 Å². The fraction of sp³-hybridized carbons (Fsp3) is 0.647. The largest absolute Gasteiger partial charge is 0.494 e. The molecule has 0 aromatic heterocycles. The minimum Gasteiger partial charge on any atom is -0.494 e. The van der Waals surface area contributed by atoms with Gasteiger partial charge in [-0.3, -0.25) is 0 Å². The first-order valence-electron chi connectivity index (χ1n) is 7.99. The summed E-state index contributed by atoms with van der Waals surface area (Å²) in [6.07, 6.45) is 5.04. The molecule has 0 bridgehead atoms. The number of hydrogen-bond donors (Lipinski definition) is 1. The van der Waals surface area contributed by atoms with Crippen LogP contribution in [0.1, 0.15) is 25.7 Å². The zero-order valence-electron chi connectivity index (χ0n) is 12.2. The first-order valence-corrected chi connectivity index (χ1v) is 7.99. The predicted molar refractivity (Wildman–Crippen MR) is 81.8 cm³/mol. The van der Waals surface area contributed by atoms with Gasteiger partial charge >= 0.3 is 0 Å². The average molecular weight is 274 g/mol. The van der Waals surface area contributed by atoms with Crippen molar-refractivity contribution in [2.45, 2.75) is 31.7 Å². The third-order valence-electron chi connectivity index (χ3n) is 4.86. The summed E-state index contributed by atoms with van der Waals surface area (Å²) in [5, 5.41) is 0. The van der Waals surface area contributed by atoms with E-state index in [0.29, 0.717) is 6.04 Å². The molecule has 1 aliphatic carbocycles. The molecule has 3 heteroatoms. The van der Waals surface area contributed by atoms with Gasteiger partial charge in [-0.1, -0.05) is 24.6 Å². The molecule has 2 aliphatic rings. The molecule has 20 heavy (non-hydrogen) atoms. The van der Waals surface area contributed by atoms with Gasteiger partial charge in [0.2, 0.25) is 0 Å². The highest BCUT2D eigenvalue weighted by Crippen LogP contribution is 2.35. The lowest BCUT2D eigenvalue weighted by Gasteiger charge is -2.29. The van der Waals surface area contributed by atoms with Gasteiger partial charge in [0.15, 0.2) is 0 Å². The Hall–Kier alpha value is -1.06. The molecule has 0 amide bonds. The molecule has 1 saturated carbocycles. The second kappa shape index (κ2) is 6.59. The average Bonchev–Trinajstić information content (AvgIpc) is 2.89. The Morgan fingerprint density at radius 3 is 2.80 bits per heavy atom. The van der Waals surface area contributed by atoms with Crippen molar-refractivity contribution in [3.05, 3.63) is 30.3 Å². The number of nitrogens with two attached hydrogens (primary N) is 1. The second-order valence-corrected chi connectivity index (χ2v) is 6.29. The second-order valence-electron chi connectivity index (χ2n) is 6.29. The molecule has 3 rings (SSSR count). The number of likely N-dealkylation sites (tertiary alicyclic amines) is 1. The zero-order chi connectivity index (χ0) is 13.8. The maximum absolute atomic E-state index is 6.26. The monoisotopic (exact) mass is 274 g/mol. The van der Waals surface area contributed by atoms with E-state index in [1.807, 2.05) is 30.3 Å². The van der Waals surface area contributed by atoms with Gasteiger partial charge in [-0.05, 0) is 43.2 Å².